The summed E-state index contributed by atoms with van der Waals surface area (Å²) < 4.78 is 4.69. The van der Waals surface area contributed by atoms with Crippen molar-refractivity contribution in [1.82, 2.24) is 4.98 Å². The lowest BCUT2D eigenvalue weighted by Crippen LogP contribution is -2.15. The van der Waals surface area contributed by atoms with Crippen LogP contribution < -0.4 is 5.32 Å². The topological polar surface area (TPSA) is 63.6 Å². The Morgan fingerprint density at radius 2 is 1.71 bits per heavy atom. The van der Waals surface area contributed by atoms with E-state index in [0.717, 1.165) is 52.1 Å². The third-order valence-corrected chi connectivity index (χ3v) is 7.49. The Hall–Kier alpha value is -3.47. The molecule has 2 aromatic carbocycles. The molecule has 1 aromatic heterocycles. The summed E-state index contributed by atoms with van der Waals surface area (Å²) in [5.41, 5.74) is 6.25. The number of nitrogens with zero attached hydrogens (tertiary/aromatic N) is 2. The van der Waals surface area contributed by atoms with Crippen LogP contribution in [0.1, 0.15) is 82.3 Å². The van der Waals surface area contributed by atoms with E-state index in [-0.39, 0.29) is 5.97 Å². The second-order valence-corrected chi connectivity index (χ2v) is 10.3. The van der Waals surface area contributed by atoms with Crippen molar-refractivity contribution in [3.05, 3.63) is 65.7 Å². The minimum Gasteiger partial charge on any atom is -0.466 e. The van der Waals surface area contributed by atoms with Gasteiger partial charge in [-0.25, -0.2) is 9.78 Å². The zero-order valence-electron chi connectivity index (χ0n) is 23.1. The van der Waals surface area contributed by atoms with Crippen LogP contribution in [0.25, 0.3) is 17.0 Å². The summed E-state index contributed by atoms with van der Waals surface area (Å²) in [5, 5.41) is 4.70. The lowest BCUT2D eigenvalue weighted by atomic mass is 9.89. The Kier molecular flexibility index (Phi) is 10.1. The molecular formula is C33H41N3O2. The predicted octanol–water partition coefficient (Wildman–Crippen LogP) is 9.10. The standard InChI is InChI=1S/C33H41N3O2/c1-4-13-29(26-14-9-7-5-6-8-10-15-26)35-32-24(2)28-16-11-12-17-30(28)36-33(32)34-27-21-18-25(19-22-27)20-23-31(37)38-3/h11-12,16-23,26H,4-10,13-15H2,1-3H3,(H,34,36)/b23-20+,35-29+. The third-order valence-electron chi connectivity index (χ3n) is 7.49. The number of fused-ring (bicyclic) bond motifs is 1. The number of anilines is 2. The second kappa shape index (κ2) is 13.9. The van der Waals surface area contributed by atoms with Crippen LogP contribution in [0.5, 0.6) is 0 Å². The molecule has 200 valence electrons. The van der Waals surface area contributed by atoms with Gasteiger partial charge in [0.2, 0.25) is 0 Å². The number of carbonyl (C=O) groups excluding carboxylic acids is 1. The van der Waals surface area contributed by atoms with Gasteiger partial charge in [0.15, 0.2) is 5.82 Å². The van der Waals surface area contributed by atoms with Crippen molar-refractivity contribution in [3.63, 3.8) is 0 Å². The summed E-state index contributed by atoms with van der Waals surface area (Å²) in [7, 11) is 1.38. The number of esters is 1. The molecule has 38 heavy (non-hydrogen) atoms. The molecule has 1 aliphatic rings. The first-order chi connectivity index (χ1) is 18.6. The lowest BCUT2D eigenvalue weighted by Gasteiger charge is -2.21. The first-order valence-corrected chi connectivity index (χ1v) is 14.2. The predicted molar refractivity (Wildman–Crippen MR) is 160 cm³/mol. The van der Waals surface area contributed by atoms with Gasteiger partial charge in [-0.2, -0.15) is 0 Å². The number of aliphatic imine (C=N–C) groups is 1. The Bertz CT molecular complexity index is 1270. The molecule has 0 radical (unpaired) electrons. The number of para-hydroxylation sites is 1. The van der Waals surface area contributed by atoms with Crippen LogP contribution in [0.2, 0.25) is 0 Å². The molecule has 1 fully saturated rings. The van der Waals surface area contributed by atoms with E-state index < -0.39 is 0 Å². The molecule has 0 unspecified atom stereocenters. The first-order valence-electron chi connectivity index (χ1n) is 14.2. The Labute approximate surface area is 227 Å². The molecule has 5 heteroatoms. The van der Waals surface area contributed by atoms with Gasteiger partial charge >= 0.3 is 5.97 Å². The number of benzene rings is 2. The first kappa shape index (κ1) is 27.6. The quantitative estimate of drug-likeness (QED) is 0.186. The fourth-order valence-corrected chi connectivity index (χ4v) is 5.35. The number of ether oxygens (including phenoxy) is 1. The zero-order chi connectivity index (χ0) is 26.7. The Balaban J connectivity index is 1.71. The van der Waals surface area contributed by atoms with Crippen LogP contribution in [-0.4, -0.2) is 23.8 Å². The number of methoxy groups -OCH3 is 1. The summed E-state index contributed by atoms with van der Waals surface area (Å²) in [4.78, 5) is 21.9. The van der Waals surface area contributed by atoms with Gasteiger partial charge in [0, 0.05) is 22.9 Å². The molecule has 1 N–H and O–H groups in total. The summed E-state index contributed by atoms with van der Waals surface area (Å²) in [6.45, 7) is 4.42. The molecule has 0 bridgehead atoms. The van der Waals surface area contributed by atoms with Gasteiger partial charge in [-0.05, 0) is 67.5 Å². The normalized spacial score (nSPS) is 15.7. The summed E-state index contributed by atoms with van der Waals surface area (Å²) >= 11 is 0. The van der Waals surface area contributed by atoms with E-state index in [9.17, 15) is 4.79 Å². The van der Waals surface area contributed by atoms with Crippen LogP contribution in [0.15, 0.2) is 59.6 Å². The highest BCUT2D eigenvalue weighted by Gasteiger charge is 2.19. The minimum absolute atomic E-state index is 0.367. The number of hydrogen-bond acceptors (Lipinski definition) is 5. The fraction of sp³-hybridized carbons (Fsp3) is 0.424. The van der Waals surface area contributed by atoms with Crippen molar-refractivity contribution in [2.24, 2.45) is 10.9 Å². The maximum absolute atomic E-state index is 11.4. The highest BCUT2D eigenvalue weighted by atomic mass is 16.5. The Morgan fingerprint density at radius 3 is 2.39 bits per heavy atom. The molecule has 0 aliphatic heterocycles. The van der Waals surface area contributed by atoms with Gasteiger partial charge in [-0.15, -0.1) is 0 Å². The molecule has 3 aromatic rings. The molecule has 1 heterocycles. The second-order valence-electron chi connectivity index (χ2n) is 10.3. The van der Waals surface area contributed by atoms with Crippen molar-refractivity contribution < 1.29 is 9.53 Å². The van der Waals surface area contributed by atoms with Crippen LogP contribution in [0.4, 0.5) is 17.2 Å². The van der Waals surface area contributed by atoms with Crippen molar-refractivity contribution in [2.45, 2.75) is 78.1 Å². The number of aryl methyl sites for hydroxylation is 1. The van der Waals surface area contributed by atoms with Crippen LogP contribution >= 0.6 is 0 Å². The number of aromatic nitrogens is 1. The van der Waals surface area contributed by atoms with Crippen LogP contribution in [0, 0.1) is 12.8 Å². The minimum atomic E-state index is -0.367. The number of nitrogens with one attached hydrogen (secondary N) is 1. The number of hydrogen-bond donors (Lipinski definition) is 1. The average molecular weight is 512 g/mol. The molecule has 0 amide bonds. The summed E-state index contributed by atoms with van der Waals surface area (Å²) in [6, 6.07) is 16.3. The van der Waals surface area contributed by atoms with Gasteiger partial charge in [0.05, 0.1) is 12.6 Å². The van der Waals surface area contributed by atoms with Crippen LogP contribution in [-0.2, 0) is 9.53 Å². The highest BCUT2D eigenvalue weighted by Crippen LogP contribution is 2.37. The average Bonchev–Trinajstić information content (AvgIpc) is 3.08. The van der Waals surface area contributed by atoms with Crippen molar-refractivity contribution >= 4 is 45.9 Å². The third kappa shape index (κ3) is 7.31. The van der Waals surface area contributed by atoms with Gasteiger partial charge in [0.1, 0.15) is 5.69 Å². The number of carbonyl (C=O) groups is 1. The fourth-order valence-electron chi connectivity index (χ4n) is 5.35. The SMILES string of the molecule is CCC/C(=N\c1c(Nc2ccc(/C=C/C(=O)OC)cc2)nc2ccccc2c1C)C1CCCCCCCC1. The highest BCUT2D eigenvalue weighted by molar-refractivity contribution is 5.96. The molecule has 0 saturated heterocycles. The molecule has 1 saturated carbocycles. The van der Waals surface area contributed by atoms with Gasteiger partial charge in [0.25, 0.3) is 0 Å². The van der Waals surface area contributed by atoms with Gasteiger partial charge in [-0.3, -0.25) is 4.99 Å². The van der Waals surface area contributed by atoms with E-state index in [1.807, 2.05) is 30.3 Å². The maximum Gasteiger partial charge on any atom is 0.330 e. The smallest absolute Gasteiger partial charge is 0.330 e. The molecule has 0 spiro atoms. The van der Waals surface area contributed by atoms with Gasteiger partial charge in [-0.1, -0.05) is 82.2 Å². The largest absolute Gasteiger partial charge is 0.466 e. The van der Waals surface area contributed by atoms with E-state index in [2.05, 4.69) is 42.1 Å². The van der Waals surface area contributed by atoms with Crippen molar-refractivity contribution in [2.75, 3.05) is 12.4 Å². The summed E-state index contributed by atoms with van der Waals surface area (Å²) in [6.07, 6.45) is 15.8. The zero-order valence-corrected chi connectivity index (χ0v) is 23.1. The van der Waals surface area contributed by atoms with E-state index >= 15 is 0 Å². The van der Waals surface area contributed by atoms with Gasteiger partial charge < -0.3 is 10.1 Å². The number of rotatable bonds is 8. The lowest BCUT2D eigenvalue weighted by molar-refractivity contribution is -0.134. The van der Waals surface area contributed by atoms with E-state index in [4.69, 9.17) is 9.98 Å². The summed E-state index contributed by atoms with van der Waals surface area (Å²) in [5.74, 6) is 0.969. The van der Waals surface area contributed by atoms with Crippen LogP contribution in [0.3, 0.4) is 0 Å². The molecule has 4 rings (SSSR count). The Morgan fingerprint density at radius 1 is 1.03 bits per heavy atom. The van der Waals surface area contributed by atoms with E-state index in [1.54, 1.807) is 6.08 Å². The van der Waals surface area contributed by atoms with Crippen molar-refractivity contribution in [3.8, 4) is 0 Å². The number of pyridine rings is 1. The molecule has 5 nitrogen and oxygen atoms in total. The van der Waals surface area contributed by atoms with E-state index in [0.29, 0.717) is 5.92 Å². The molecule has 0 atom stereocenters. The monoisotopic (exact) mass is 511 g/mol. The molecule has 1 aliphatic carbocycles. The molecular weight excluding hydrogens is 470 g/mol. The van der Waals surface area contributed by atoms with Crippen molar-refractivity contribution in [1.29, 1.82) is 0 Å². The van der Waals surface area contributed by atoms with E-state index in [1.165, 1.54) is 70.3 Å². The maximum atomic E-state index is 11.4.